The molecule has 9 aromatic rings. The van der Waals surface area contributed by atoms with Crippen molar-refractivity contribution in [3.8, 4) is 22.3 Å². The standard InChI is InChI=1S/C79H81N/c1-74(2,3)54-27-31-58(32-28-54)78(56-19-15-13-16-20-56)70-44-40-63(49-69(70)67-42-36-61(48-72(67)78)77(10,11)12)80(62-37-25-52(26-38-62)68-46-51-23-24-53(68)45-51)64-39-43-66-65-41-35-60(76(7,8)9)47-71(65)79(73(66)50-64,57-21-17-14-18-22-57)59-33-29-55(30-34-59)75(4,5)6/h13-22,25-44,47-51,53,68H,23-24,45-46H2,1-12H3. The first-order valence-electron chi connectivity index (χ1n) is 30.0. The van der Waals surface area contributed by atoms with E-state index in [-0.39, 0.29) is 21.7 Å². The molecule has 0 N–H and O–H groups in total. The van der Waals surface area contributed by atoms with Crippen LogP contribution in [0, 0.1) is 11.8 Å². The predicted molar refractivity (Wildman–Crippen MR) is 339 cm³/mol. The van der Waals surface area contributed by atoms with Crippen molar-refractivity contribution in [1.82, 2.24) is 0 Å². The molecule has 0 saturated heterocycles. The molecule has 402 valence electrons. The minimum Gasteiger partial charge on any atom is -0.310 e. The van der Waals surface area contributed by atoms with Crippen molar-refractivity contribution >= 4 is 17.1 Å². The fraction of sp³-hybridized carbons (Fsp3) is 0.316. The second-order valence-corrected chi connectivity index (χ2v) is 28.6. The normalized spacial score (nSPS) is 21.0. The Hall–Kier alpha value is -7.22. The zero-order valence-electron chi connectivity index (χ0n) is 49.6. The third kappa shape index (κ3) is 8.30. The number of anilines is 3. The van der Waals surface area contributed by atoms with Gasteiger partial charge in [-0.3, -0.25) is 0 Å². The van der Waals surface area contributed by atoms with Gasteiger partial charge in [0.25, 0.3) is 0 Å². The number of nitrogens with zero attached hydrogens (tertiary/aromatic N) is 1. The van der Waals surface area contributed by atoms with Gasteiger partial charge in [-0.25, -0.2) is 0 Å². The fourth-order valence-electron chi connectivity index (χ4n) is 15.2. The van der Waals surface area contributed by atoms with E-state index < -0.39 is 10.8 Å². The summed E-state index contributed by atoms with van der Waals surface area (Å²) in [5.41, 5.74) is 24.9. The molecule has 4 aliphatic carbocycles. The van der Waals surface area contributed by atoms with E-state index in [1.165, 1.54) is 126 Å². The molecule has 13 rings (SSSR count). The third-order valence-corrected chi connectivity index (χ3v) is 19.6. The van der Waals surface area contributed by atoms with Gasteiger partial charge in [-0.2, -0.15) is 0 Å². The van der Waals surface area contributed by atoms with E-state index in [4.69, 9.17) is 0 Å². The van der Waals surface area contributed by atoms with E-state index in [9.17, 15) is 0 Å². The van der Waals surface area contributed by atoms with Gasteiger partial charge in [-0.1, -0.05) is 259 Å². The summed E-state index contributed by atoms with van der Waals surface area (Å²) in [6.07, 6.45) is 5.51. The van der Waals surface area contributed by atoms with E-state index in [2.05, 4.69) is 294 Å². The highest BCUT2D eigenvalue weighted by molar-refractivity contribution is 5.93. The molecule has 9 aromatic carbocycles. The molecule has 0 spiro atoms. The molecule has 0 aromatic heterocycles. The Morgan fingerprint density at radius 2 is 0.725 bits per heavy atom. The fourth-order valence-corrected chi connectivity index (χ4v) is 15.2. The Kier molecular flexibility index (Phi) is 12.2. The number of hydrogen-bond acceptors (Lipinski definition) is 1. The SMILES string of the molecule is CC(C)(C)c1ccc(C2(c3ccccc3)c3ccc(N(c4ccc(C5CC6CCC5C6)cc4)c4ccc5c(c4)C(c4ccccc4)(c4ccc(C(C)(C)C)cc4)c4cc(C(C)(C)C)ccc4-5)cc3-c3ccc(C(C)(C)C)cc32)cc1. The molecule has 80 heavy (non-hydrogen) atoms. The molecule has 5 unspecified atom stereocenters. The summed E-state index contributed by atoms with van der Waals surface area (Å²) in [5, 5.41) is 0. The van der Waals surface area contributed by atoms with Crippen LogP contribution >= 0.6 is 0 Å². The van der Waals surface area contributed by atoms with Crippen molar-refractivity contribution in [2.45, 2.75) is 147 Å². The van der Waals surface area contributed by atoms with Crippen LogP contribution in [0.25, 0.3) is 22.3 Å². The summed E-state index contributed by atoms with van der Waals surface area (Å²) >= 11 is 0. The summed E-state index contributed by atoms with van der Waals surface area (Å²) in [7, 11) is 0. The highest BCUT2D eigenvalue weighted by Crippen LogP contribution is 2.61. The second-order valence-electron chi connectivity index (χ2n) is 28.6. The third-order valence-electron chi connectivity index (χ3n) is 19.6. The van der Waals surface area contributed by atoms with Crippen LogP contribution in [0.5, 0.6) is 0 Å². The van der Waals surface area contributed by atoms with Gasteiger partial charge >= 0.3 is 0 Å². The number of benzene rings is 9. The lowest BCUT2D eigenvalue weighted by molar-refractivity contribution is 0.420. The van der Waals surface area contributed by atoms with Gasteiger partial charge in [0, 0.05) is 17.1 Å². The molecular formula is C79H81N. The molecule has 0 amide bonds. The maximum absolute atomic E-state index is 2.58. The Labute approximate surface area is 479 Å². The Morgan fingerprint density at radius 3 is 1.19 bits per heavy atom. The van der Waals surface area contributed by atoms with Crippen molar-refractivity contribution in [3.63, 3.8) is 0 Å². The van der Waals surface area contributed by atoms with Gasteiger partial charge < -0.3 is 4.90 Å². The Balaban J connectivity index is 1.07. The van der Waals surface area contributed by atoms with Crippen molar-refractivity contribution in [1.29, 1.82) is 0 Å². The molecule has 1 heteroatoms. The molecule has 0 radical (unpaired) electrons. The van der Waals surface area contributed by atoms with E-state index in [1.807, 2.05) is 0 Å². The van der Waals surface area contributed by atoms with Crippen LogP contribution in [-0.4, -0.2) is 0 Å². The molecule has 5 atom stereocenters. The summed E-state index contributed by atoms with van der Waals surface area (Å²) < 4.78 is 0. The second kappa shape index (κ2) is 18.7. The first kappa shape index (κ1) is 52.2. The van der Waals surface area contributed by atoms with Crippen molar-refractivity contribution in [2.24, 2.45) is 11.8 Å². The highest BCUT2D eigenvalue weighted by atomic mass is 15.1. The molecule has 0 aliphatic heterocycles. The minimum atomic E-state index is -0.587. The maximum atomic E-state index is 2.58. The summed E-state index contributed by atoms with van der Waals surface area (Å²) in [6, 6.07) is 81.5. The highest BCUT2D eigenvalue weighted by Gasteiger charge is 2.49. The monoisotopic (exact) mass is 1040 g/mol. The predicted octanol–water partition coefficient (Wildman–Crippen LogP) is 21.0. The van der Waals surface area contributed by atoms with Crippen LogP contribution in [0.2, 0.25) is 0 Å². The van der Waals surface area contributed by atoms with Crippen LogP contribution in [0.4, 0.5) is 17.1 Å². The minimum absolute atomic E-state index is 0.0206. The molecule has 1 nitrogen and oxygen atoms in total. The summed E-state index contributed by atoms with van der Waals surface area (Å²) in [6.45, 7) is 28.0. The number of hydrogen-bond donors (Lipinski definition) is 0. The summed E-state index contributed by atoms with van der Waals surface area (Å²) in [5.74, 6) is 2.36. The Bertz CT molecular complexity index is 3790. The van der Waals surface area contributed by atoms with Crippen LogP contribution in [0.1, 0.15) is 187 Å². The van der Waals surface area contributed by atoms with Gasteiger partial charge in [0.05, 0.1) is 10.8 Å². The van der Waals surface area contributed by atoms with Gasteiger partial charge in [0.1, 0.15) is 0 Å². The Morgan fingerprint density at radius 1 is 0.325 bits per heavy atom. The van der Waals surface area contributed by atoms with E-state index in [0.29, 0.717) is 5.92 Å². The molecule has 4 aliphatic rings. The zero-order valence-corrected chi connectivity index (χ0v) is 49.6. The molecule has 2 saturated carbocycles. The van der Waals surface area contributed by atoms with Gasteiger partial charge in [-0.05, 0) is 190 Å². The van der Waals surface area contributed by atoms with Crippen molar-refractivity contribution in [3.05, 3.63) is 279 Å². The molecule has 2 bridgehead atoms. The van der Waals surface area contributed by atoms with Crippen LogP contribution in [0.3, 0.4) is 0 Å². The van der Waals surface area contributed by atoms with E-state index in [0.717, 1.165) is 23.2 Å². The first-order chi connectivity index (χ1) is 38.1. The van der Waals surface area contributed by atoms with Crippen LogP contribution < -0.4 is 4.90 Å². The van der Waals surface area contributed by atoms with Gasteiger partial charge in [-0.15, -0.1) is 0 Å². The lowest BCUT2D eigenvalue weighted by Gasteiger charge is -2.36. The van der Waals surface area contributed by atoms with Crippen molar-refractivity contribution < 1.29 is 0 Å². The van der Waals surface area contributed by atoms with E-state index in [1.54, 1.807) is 0 Å². The molecular weight excluding hydrogens is 963 g/mol. The largest absolute Gasteiger partial charge is 0.310 e. The zero-order chi connectivity index (χ0) is 55.7. The van der Waals surface area contributed by atoms with Gasteiger partial charge in [0.15, 0.2) is 0 Å². The average Bonchev–Trinajstić information content (AvgIpc) is 4.32. The van der Waals surface area contributed by atoms with Crippen molar-refractivity contribution in [2.75, 3.05) is 4.90 Å². The quantitative estimate of drug-likeness (QED) is 0.147. The maximum Gasteiger partial charge on any atom is 0.0714 e. The number of fused-ring (bicyclic) bond motifs is 8. The van der Waals surface area contributed by atoms with E-state index >= 15 is 0 Å². The number of rotatable bonds is 8. The van der Waals surface area contributed by atoms with Crippen LogP contribution in [-0.2, 0) is 32.5 Å². The lowest BCUT2D eigenvalue weighted by Crippen LogP contribution is -2.29. The van der Waals surface area contributed by atoms with Crippen LogP contribution in [0.15, 0.2) is 206 Å². The molecule has 0 heterocycles. The topological polar surface area (TPSA) is 3.24 Å². The average molecular weight is 1040 g/mol. The lowest BCUT2D eigenvalue weighted by atomic mass is 9.66. The smallest absolute Gasteiger partial charge is 0.0714 e. The molecule has 2 fully saturated rings. The first-order valence-corrected chi connectivity index (χ1v) is 30.0. The summed E-state index contributed by atoms with van der Waals surface area (Å²) in [4.78, 5) is 2.58. The van der Waals surface area contributed by atoms with Gasteiger partial charge in [0.2, 0.25) is 0 Å².